The highest BCUT2D eigenvalue weighted by atomic mass is 16.5. The Morgan fingerprint density at radius 2 is 0.931 bits per heavy atom. The van der Waals surface area contributed by atoms with Crippen LogP contribution in [-0.4, -0.2) is 0 Å². The zero-order valence-corrected chi connectivity index (χ0v) is 43.6. The third-order valence-electron chi connectivity index (χ3n) is 15.9. The van der Waals surface area contributed by atoms with Crippen molar-refractivity contribution < 1.29 is 4.74 Å². The second-order valence-electron chi connectivity index (χ2n) is 23.0. The molecule has 0 spiro atoms. The van der Waals surface area contributed by atoms with Crippen LogP contribution < -0.4 is 9.64 Å². The molecule has 0 saturated carbocycles. The van der Waals surface area contributed by atoms with Crippen molar-refractivity contribution in [3.8, 4) is 39.1 Å². The van der Waals surface area contributed by atoms with Crippen LogP contribution in [0.15, 0.2) is 212 Å². The molecule has 0 fully saturated rings. The molecule has 1 atom stereocenters. The summed E-state index contributed by atoms with van der Waals surface area (Å²) in [6.45, 7) is 21.4. The molecular weight excluding hydrogens is 871 g/mol. The smallest absolute Gasteiger partial charge is 0.119 e. The predicted molar refractivity (Wildman–Crippen MR) is 303 cm³/mol. The summed E-state index contributed by atoms with van der Waals surface area (Å²) in [5, 5.41) is 0. The van der Waals surface area contributed by atoms with Gasteiger partial charge in [-0.15, -0.1) is 0 Å². The summed E-state index contributed by atoms with van der Waals surface area (Å²) < 4.78 is 6.58. The van der Waals surface area contributed by atoms with E-state index < -0.39 is 5.41 Å². The van der Waals surface area contributed by atoms with Gasteiger partial charge in [0.25, 0.3) is 0 Å². The van der Waals surface area contributed by atoms with Gasteiger partial charge in [0.1, 0.15) is 12.4 Å². The number of hydrogen-bond acceptors (Lipinski definition) is 2. The SMILES string of the molecule is CC(C)CC(C)(C)c1ccc(COc2ccc(C3(c4ccc(C(C)(C)C)cc4)c4ccccc4-c4ccc(N(c5ccc(-c6ccccc6)cc5)c5ccc6c(c5)C(C)(C)c5ccccc5-6)cc43)cc2)cc1. The first-order chi connectivity index (χ1) is 34.6. The fourth-order valence-corrected chi connectivity index (χ4v) is 12.3. The minimum absolute atomic E-state index is 0.0102. The van der Waals surface area contributed by atoms with E-state index in [1.54, 1.807) is 0 Å². The maximum absolute atomic E-state index is 6.58. The number of nitrogens with zero attached hydrogens (tertiary/aromatic N) is 1. The summed E-state index contributed by atoms with van der Waals surface area (Å²) in [4.78, 5) is 2.47. The van der Waals surface area contributed by atoms with Crippen LogP contribution in [0.2, 0.25) is 0 Å². The molecule has 2 heteroatoms. The number of ether oxygens (including phenoxy) is 1. The van der Waals surface area contributed by atoms with Crippen molar-refractivity contribution >= 4 is 17.1 Å². The number of fused-ring (bicyclic) bond motifs is 6. The Morgan fingerprint density at radius 3 is 1.54 bits per heavy atom. The van der Waals surface area contributed by atoms with Gasteiger partial charge in [-0.05, 0) is 155 Å². The highest BCUT2D eigenvalue weighted by Crippen LogP contribution is 2.58. The lowest BCUT2D eigenvalue weighted by molar-refractivity contribution is 0.306. The molecule has 0 amide bonds. The van der Waals surface area contributed by atoms with Gasteiger partial charge in [-0.3, -0.25) is 0 Å². The average molecular weight is 938 g/mol. The minimum atomic E-state index is -0.625. The molecule has 9 aromatic carbocycles. The Hall–Kier alpha value is -7.42. The number of benzene rings is 9. The molecule has 1 unspecified atom stereocenters. The van der Waals surface area contributed by atoms with Crippen LogP contribution >= 0.6 is 0 Å². The second-order valence-corrected chi connectivity index (χ2v) is 23.0. The van der Waals surface area contributed by atoms with Gasteiger partial charge >= 0.3 is 0 Å². The number of rotatable bonds is 12. The average Bonchev–Trinajstić information content (AvgIpc) is 3.81. The molecule has 0 aliphatic heterocycles. The van der Waals surface area contributed by atoms with Crippen LogP contribution in [0.3, 0.4) is 0 Å². The molecule has 0 heterocycles. The lowest BCUT2D eigenvalue weighted by atomic mass is 9.67. The first-order valence-corrected chi connectivity index (χ1v) is 26.0. The van der Waals surface area contributed by atoms with Gasteiger partial charge in [-0.1, -0.05) is 226 Å². The fraction of sp³-hybridized carbons (Fsp3) is 0.229. The monoisotopic (exact) mass is 938 g/mol. The van der Waals surface area contributed by atoms with Crippen LogP contribution in [0.5, 0.6) is 5.75 Å². The quantitative estimate of drug-likeness (QED) is 0.121. The third-order valence-corrected chi connectivity index (χ3v) is 15.9. The highest BCUT2D eigenvalue weighted by Gasteiger charge is 2.47. The molecule has 9 aromatic rings. The first-order valence-electron chi connectivity index (χ1n) is 26.0. The summed E-state index contributed by atoms with van der Waals surface area (Å²) in [6.07, 6.45) is 1.15. The van der Waals surface area contributed by atoms with Gasteiger partial charge in [0.2, 0.25) is 0 Å². The second kappa shape index (κ2) is 18.0. The topological polar surface area (TPSA) is 12.5 Å². The molecule has 2 aliphatic rings. The van der Waals surface area contributed by atoms with E-state index in [0.29, 0.717) is 12.5 Å². The Balaban J connectivity index is 1.05. The molecule has 11 rings (SSSR count). The van der Waals surface area contributed by atoms with Gasteiger partial charge < -0.3 is 9.64 Å². The van der Waals surface area contributed by atoms with Crippen molar-refractivity contribution in [1.29, 1.82) is 0 Å². The van der Waals surface area contributed by atoms with Crippen molar-refractivity contribution in [3.05, 3.63) is 262 Å². The fourth-order valence-electron chi connectivity index (χ4n) is 12.3. The molecule has 2 aliphatic carbocycles. The molecule has 0 radical (unpaired) electrons. The predicted octanol–water partition coefficient (Wildman–Crippen LogP) is 18.7. The standard InChI is InChI=1S/C70H67NO/c1-47(2)45-68(6,7)52-27-23-48(24-28-52)46-72-58-39-33-54(34-40-58)70(53-31-29-51(30-32-53)67(3,4)5)64-22-16-14-20-60(64)62-42-38-57(44-66(62)70)71(55-35-25-50(26-36-55)49-17-11-10-12-18-49)56-37-41-61-59-19-13-15-21-63(59)69(8,9)65(61)43-56/h10-44,47H,45-46H2,1-9H3. The summed E-state index contributed by atoms with van der Waals surface area (Å²) in [5.41, 5.74) is 21.8. The van der Waals surface area contributed by atoms with E-state index in [4.69, 9.17) is 4.74 Å². The zero-order valence-electron chi connectivity index (χ0n) is 43.6. The van der Waals surface area contributed by atoms with Gasteiger partial charge in [-0.2, -0.15) is 0 Å². The van der Waals surface area contributed by atoms with Crippen LogP contribution in [-0.2, 0) is 28.3 Å². The third kappa shape index (κ3) is 8.16. The van der Waals surface area contributed by atoms with Crippen molar-refractivity contribution in [2.24, 2.45) is 5.92 Å². The number of anilines is 3. The van der Waals surface area contributed by atoms with Gasteiger partial charge in [0, 0.05) is 22.5 Å². The summed E-state index contributed by atoms with van der Waals surface area (Å²) in [6, 6.07) is 79.5. The maximum atomic E-state index is 6.58. The van der Waals surface area contributed by atoms with Crippen LogP contribution in [0.25, 0.3) is 33.4 Å². The summed E-state index contributed by atoms with van der Waals surface area (Å²) in [5.74, 6) is 1.50. The Bertz CT molecular complexity index is 3410. The van der Waals surface area contributed by atoms with E-state index in [1.165, 1.54) is 83.5 Å². The van der Waals surface area contributed by atoms with E-state index in [1.807, 2.05) is 0 Å². The van der Waals surface area contributed by atoms with Crippen molar-refractivity contribution in [2.75, 3.05) is 4.90 Å². The first kappa shape index (κ1) is 46.9. The van der Waals surface area contributed by atoms with Crippen LogP contribution in [0.1, 0.15) is 119 Å². The molecule has 0 aromatic heterocycles. The minimum Gasteiger partial charge on any atom is -0.489 e. The van der Waals surface area contributed by atoms with Crippen molar-refractivity contribution in [3.63, 3.8) is 0 Å². The van der Waals surface area contributed by atoms with Crippen molar-refractivity contribution in [2.45, 2.75) is 97.0 Å². The molecule has 0 bridgehead atoms. The van der Waals surface area contributed by atoms with Gasteiger partial charge in [-0.25, -0.2) is 0 Å². The molecular formula is C70H67NO. The zero-order chi connectivity index (χ0) is 50.0. The molecule has 2 nitrogen and oxygen atoms in total. The van der Waals surface area contributed by atoms with Crippen molar-refractivity contribution in [1.82, 2.24) is 0 Å². The Morgan fingerprint density at radius 1 is 0.444 bits per heavy atom. The largest absolute Gasteiger partial charge is 0.489 e. The lowest BCUT2D eigenvalue weighted by Gasteiger charge is -2.35. The molecule has 72 heavy (non-hydrogen) atoms. The Labute approximate surface area is 429 Å². The maximum Gasteiger partial charge on any atom is 0.119 e. The van der Waals surface area contributed by atoms with Crippen LogP contribution in [0.4, 0.5) is 17.1 Å². The molecule has 358 valence electrons. The lowest BCUT2D eigenvalue weighted by Crippen LogP contribution is -2.29. The van der Waals surface area contributed by atoms with Crippen LogP contribution in [0, 0.1) is 5.92 Å². The molecule has 0 N–H and O–H groups in total. The molecule has 0 saturated heterocycles. The van der Waals surface area contributed by atoms with E-state index in [2.05, 4.69) is 280 Å². The highest BCUT2D eigenvalue weighted by molar-refractivity contribution is 5.91. The normalized spacial score (nSPS) is 15.4. The summed E-state index contributed by atoms with van der Waals surface area (Å²) in [7, 11) is 0. The van der Waals surface area contributed by atoms with E-state index in [0.717, 1.165) is 29.2 Å². The Kier molecular flexibility index (Phi) is 11.7. The summed E-state index contributed by atoms with van der Waals surface area (Å²) >= 11 is 0. The van der Waals surface area contributed by atoms with E-state index >= 15 is 0 Å². The van der Waals surface area contributed by atoms with E-state index in [9.17, 15) is 0 Å². The van der Waals surface area contributed by atoms with E-state index in [-0.39, 0.29) is 16.2 Å². The van der Waals surface area contributed by atoms with Gasteiger partial charge in [0.15, 0.2) is 0 Å². The number of hydrogen-bond donors (Lipinski definition) is 0. The van der Waals surface area contributed by atoms with Gasteiger partial charge in [0.05, 0.1) is 5.41 Å².